The Morgan fingerprint density at radius 2 is 2.17 bits per heavy atom. The number of nitrogens with zero attached hydrogens (tertiary/aromatic N) is 2. The first-order valence-corrected chi connectivity index (χ1v) is 8.29. The summed E-state index contributed by atoms with van der Waals surface area (Å²) >= 11 is 0. The maximum atomic E-state index is 12.6. The van der Waals surface area contributed by atoms with E-state index in [4.69, 9.17) is 4.74 Å². The van der Waals surface area contributed by atoms with Gasteiger partial charge in [0.15, 0.2) is 0 Å². The largest absolute Gasteiger partial charge is 0.491 e. The number of amides is 1. The van der Waals surface area contributed by atoms with Gasteiger partial charge in [0.2, 0.25) is 0 Å². The average molecular weight is 328 g/mol. The van der Waals surface area contributed by atoms with E-state index in [0.29, 0.717) is 25.2 Å². The molecule has 1 saturated heterocycles. The van der Waals surface area contributed by atoms with E-state index in [1.807, 2.05) is 50.5 Å². The fourth-order valence-corrected chi connectivity index (χ4v) is 3.17. The number of hydrogen-bond acceptors (Lipinski definition) is 3. The minimum Gasteiger partial charge on any atom is -0.491 e. The molecule has 5 nitrogen and oxygen atoms in total. The first kappa shape index (κ1) is 16.6. The van der Waals surface area contributed by atoms with Gasteiger partial charge in [-0.15, -0.1) is 0 Å². The number of aryl methyl sites for hydroxylation is 2. The molecule has 24 heavy (non-hydrogen) atoms. The molecule has 0 saturated carbocycles. The van der Waals surface area contributed by atoms with Crippen molar-refractivity contribution >= 4 is 5.91 Å². The molecule has 3 rings (SSSR count). The number of likely N-dealkylation sites (tertiary alicyclic amines) is 1. The number of aromatic nitrogens is 1. The predicted octanol–water partition coefficient (Wildman–Crippen LogP) is 2.38. The standard InChI is InChI=1S/C19H24N2O3/c1-15-6-3-7-16(12-15)24-14-19(23)9-5-11-21(13-19)18(22)17-8-4-10-20(17)2/h3-4,6-8,10,12,23H,5,9,11,13-14H2,1-2H3/t19-/m1/s1. The van der Waals surface area contributed by atoms with E-state index in [1.54, 1.807) is 15.5 Å². The number of β-amino-alcohol motifs (C(OH)–C–C–N with tert-alkyl or cyclic N) is 1. The number of carbonyl (C=O) groups excluding carboxylic acids is 1. The van der Waals surface area contributed by atoms with Gasteiger partial charge >= 0.3 is 0 Å². The topological polar surface area (TPSA) is 54.7 Å². The highest BCUT2D eigenvalue weighted by Crippen LogP contribution is 2.24. The van der Waals surface area contributed by atoms with Gasteiger partial charge in [-0.05, 0) is 49.6 Å². The van der Waals surface area contributed by atoms with Gasteiger partial charge in [-0.2, -0.15) is 0 Å². The summed E-state index contributed by atoms with van der Waals surface area (Å²) in [4.78, 5) is 14.4. The quantitative estimate of drug-likeness (QED) is 0.937. The lowest BCUT2D eigenvalue weighted by Crippen LogP contribution is -2.53. The Labute approximate surface area is 142 Å². The van der Waals surface area contributed by atoms with E-state index in [9.17, 15) is 9.90 Å². The SMILES string of the molecule is Cc1cccc(OC[C@@]2(O)CCCN(C(=O)c3cccn3C)C2)c1. The van der Waals surface area contributed by atoms with Crippen molar-refractivity contribution < 1.29 is 14.6 Å². The predicted molar refractivity (Wildman–Crippen MR) is 92.2 cm³/mol. The second kappa shape index (κ2) is 6.69. The molecule has 2 aromatic rings. The van der Waals surface area contributed by atoms with Crippen molar-refractivity contribution in [2.45, 2.75) is 25.4 Å². The lowest BCUT2D eigenvalue weighted by molar-refractivity contribution is -0.0533. The van der Waals surface area contributed by atoms with Gasteiger partial charge < -0.3 is 19.3 Å². The summed E-state index contributed by atoms with van der Waals surface area (Å²) in [7, 11) is 1.85. The molecule has 1 atom stereocenters. The van der Waals surface area contributed by atoms with E-state index >= 15 is 0 Å². The van der Waals surface area contributed by atoms with Gasteiger partial charge in [0, 0.05) is 19.8 Å². The molecular weight excluding hydrogens is 304 g/mol. The van der Waals surface area contributed by atoms with Crippen LogP contribution in [0.15, 0.2) is 42.6 Å². The Balaban J connectivity index is 1.65. The van der Waals surface area contributed by atoms with Crippen LogP contribution in [-0.4, -0.2) is 45.8 Å². The average Bonchev–Trinajstić information content (AvgIpc) is 2.99. The summed E-state index contributed by atoms with van der Waals surface area (Å²) in [6.07, 6.45) is 3.25. The summed E-state index contributed by atoms with van der Waals surface area (Å²) in [6.45, 7) is 3.15. The number of piperidine rings is 1. The van der Waals surface area contributed by atoms with Gasteiger partial charge in [-0.25, -0.2) is 0 Å². The van der Waals surface area contributed by atoms with Gasteiger partial charge in [0.05, 0.1) is 6.54 Å². The van der Waals surface area contributed by atoms with E-state index in [2.05, 4.69) is 0 Å². The number of carbonyl (C=O) groups is 1. The van der Waals surface area contributed by atoms with Crippen LogP contribution in [0.25, 0.3) is 0 Å². The molecule has 1 aromatic heterocycles. The van der Waals surface area contributed by atoms with E-state index in [-0.39, 0.29) is 12.5 Å². The van der Waals surface area contributed by atoms with E-state index < -0.39 is 5.60 Å². The number of ether oxygens (including phenoxy) is 1. The van der Waals surface area contributed by atoms with E-state index in [0.717, 1.165) is 17.7 Å². The van der Waals surface area contributed by atoms with Crippen LogP contribution in [0, 0.1) is 6.92 Å². The Hall–Kier alpha value is -2.27. The third-order valence-electron chi connectivity index (χ3n) is 4.50. The summed E-state index contributed by atoms with van der Waals surface area (Å²) in [5, 5.41) is 10.9. The minimum absolute atomic E-state index is 0.0452. The Bertz CT molecular complexity index is 725. The Morgan fingerprint density at radius 3 is 2.88 bits per heavy atom. The summed E-state index contributed by atoms with van der Waals surface area (Å²) in [5.74, 6) is 0.700. The van der Waals surface area contributed by atoms with Crippen molar-refractivity contribution in [2.24, 2.45) is 7.05 Å². The van der Waals surface area contributed by atoms with Gasteiger partial charge in [-0.3, -0.25) is 4.79 Å². The first-order chi connectivity index (χ1) is 11.5. The lowest BCUT2D eigenvalue weighted by Gasteiger charge is -2.39. The molecule has 1 N–H and O–H groups in total. The molecule has 1 aliphatic heterocycles. The highest BCUT2D eigenvalue weighted by atomic mass is 16.5. The van der Waals surface area contributed by atoms with Crippen LogP contribution in [0.2, 0.25) is 0 Å². The summed E-state index contributed by atoms with van der Waals surface area (Å²) in [6, 6.07) is 11.4. The molecular formula is C19H24N2O3. The maximum absolute atomic E-state index is 12.6. The van der Waals surface area contributed by atoms with Crippen LogP contribution >= 0.6 is 0 Å². The minimum atomic E-state index is -1.01. The highest BCUT2D eigenvalue weighted by molar-refractivity contribution is 5.92. The third-order valence-corrected chi connectivity index (χ3v) is 4.50. The molecule has 1 amide bonds. The van der Waals surface area contributed by atoms with Crippen molar-refractivity contribution in [1.82, 2.24) is 9.47 Å². The maximum Gasteiger partial charge on any atom is 0.270 e. The van der Waals surface area contributed by atoms with Gasteiger partial charge in [-0.1, -0.05) is 12.1 Å². The number of aliphatic hydroxyl groups is 1. The van der Waals surface area contributed by atoms with Crippen molar-refractivity contribution in [3.8, 4) is 5.75 Å². The molecule has 0 spiro atoms. The Morgan fingerprint density at radius 1 is 1.33 bits per heavy atom. The van der Waals surface area contributed by atoms with Crippen molar-refractivity contribution in [3.63, 3.8) is 0 Å². The normalized spacial score (nSPS) is 20.9. The third kappa shape index (κ3) is 3.62. The molecule has 1 aromatic carbocycles. The number of benzene rings is 1. The monoisotopic (exact) mass is 328 g/mol. The molecule has 0 unspecified atom stereocenters. The van der Waals surface area contributed by atoms with Gasteiger partial charge in [0.25, 0.3) is 5.91 Å². The zero-order chi connectivity index (χ0) is 17.2. The smallest absolute Gasteiger partial charge is 0.270 e. The summed E-state index contributed by atoms with van der Waals surface area (Å²) in [5.41, 5.74) is 0.741. The second-order valence-corrected chi connectivity index (χ2v) is 6.66. The van der Waals surface area contributed by atoms with Crippen molar-refractivity contribution in [2.75, 3.05) is 19.7 Å². The zero-order valence-corrected chi connectivity index (χ0v) is 14.2. The number of rotatable bonds is 4. The molecule has 2 heterocycles. The Kier molecular flexibility index (Phi) is 4.62. The molecule has 128 valence electrons. The summed E-state index contributed by atoms with van der Waals surface area (Å²) < 4.78 is 7.58. The van der Waals surface area contributed by atoms with Crippen LogP contribution in [0.3, 0.4) is 0 Å². The van der Waals surface area contributed by atoms with Crippen molar-refractivity contribution in [1.29, 1.82) is 0 Å². The fourth-order valence-electron chi connectivity index (χ4n) is 3.17. The molecule has 1 fully saturated rings. The van der Waals surface area contributed by atoms with Crippen molar-refractivity contribution in [3.05, 3.63) is 53.9 Å². The molecule has 0 radical (unpaired) electrons. The zero-order valence-electron chi connectivity index (χ0n) is 14.2. The first-order valence-electron chi connectivity index (χ1n) is 8.29. The number of hydrogen-bond donors (Lipinski definition) is 1. The van der Waals surface area contributed by atoms with Gasteiger partial charge in [0.1, 0.15) is 23.7 Å². The molecule has 0 aliphatic carbocycles. The molecule has 1 aliphatic rings. The van der Waals surface area contributed by atoms with Crippen LogP contribution in [0.4, 0.5) is 0 Å². The fraction of sp³-hybridized carbons (Fsp3) is 0.421. The van der Waals surface area contributed by atoms with Crippen LogP contribution in [0.1, 0.15) is 28.9 Å². The molecule has 5 heteroatoms. The molecule has 0 bridgehead atoms. The van der Waals surface area contributed by atoms with Crippen LogP contribution in [0.5, 0.6) is 5.75 Å². The van der Waals surface area contributed by atoms with Crippen LogP contribution in [-0.2, 0) is 7.05 Å². The van der Waals surface area contributed by atoms with E-state index in [1.165, 1.54) is 0 Å². The van der Waals surface area contributed by atoms with Crippen LogP contribution < -0.4 is 4.74 Å². The lowest BCUT2D eigenvalue weighted by atomic mass is 9.93. The second-order valence-electron chi connectivity index (χ2n) is 6.66. The highest BCUT2D eigenvalue weighted by Gasteiger charge is 2.36.